The van der Waals surface area contributed by atoms with Crippen molar-refractivity contribution < 1.29 is 14.7 Å². The Bertz CT molecular complexity index is 470. The third kappa shape index (κ3) is 3.82. The van der Waals surface area contributed by atoms with Crippen molar-refractivity contribution in [3.63, 3.8) is 0 Å². The number of fused-ring (bicyclic) bond motifs is 1. The van der Waals surface area contributed by atoms with Crippen LogP contribution < -0.4 is 0 Å². The summed E-state index contributed by atoms with van der Waals surface area (Å²) in [5.74, 6) is -0.925. The third-order valence-electron chi connectivity index (χ3n) is 3.72. The van der Waals surface area contributed by atoms with Gasteiger partial charge in [-0.15, -0.1) is 11.3 Å². The SMILES string of the molecule is CN(CCC(=O)O)C(=O)c1cc2c(s1)CCCCCC2. The van der Waals surface area contributed by atoms with Crippen LogP contribution in [0.4, 0.5) is 0 Å². The van der Waals surface area contributed by atoms with Gasteiger partial charge in [0.05, 0.1) is 11.3 Å². The summed E-state index contributed by atoms with van der Waals surface area (Å²) in [4.78, 5) is 26.5. The molecule has 1 aromatic rings. The molecule has 110 valence electrons. The van der Waals surface area contributed by atoms with Crippen molar-refractivity contribution in [2.75, 3.05) is 13.6 Å². The Morgan fingerprint density at radius 1 is 1.25 bits per heavy atom. The average Bonchev–Trinajstić information content (AvgIpc) is 2.77. The second kappa shape index (κ2) is 6.88. The highest BCUT2D eigenvalue weighted by Crippen LogP contribution is 2.29. The first-order valence-electron chi connectivity index (χ1n) is 7.17. The van der Waals surface area contributed by atoms with E-state index in [9.17, 15) is 9.59 Å². The van der Waals surface area contributed by atoms with Gasteiger partial charge in [0.2, 0.25) is 0 Å². The van der Waals surface area contributed by atoms with Crippen LogP contribution in [0.2, 0.25) is 0 Å². The van der Waals surface area contributed by atoms with E-state index in [1.54, 1.807) is 18.4 Å². The molecule has 0 atom stereocenters. The molecule has 1 heterocycles. The van der Waals surface area contributed by atoms with Gasteiger partial charge in [-0.2, -0.15) is 0 Å². The Balaban J connectivity index is 2.06. The van der Waals surface area contributed by atoms with Gasteiger partial charge in [0, 0.05) is 18.5 Å². The maximum Gasteiger partial charge on any atom is 0.305 e. The lowest BCUT2D eigenvalue weighted by Crippen LogP contribution is -2.28. The largest absolute Gasteiger partial charge is 0.481 e. The first kappa shape index (κ1) is 15.0. The van der Waals surface area contributed by atoms with E-state index in [1.807, 2.05) is 6.07 Å². The topological polar surface area (TPSA) is 57.6 Å². The molecule has 0 radical (unpaired) electrons. The molecule has 0 bridgehead atoms. The third-order valence-corrected chi connectivity index (χ3v) is 4.94. The molecule has 1 amide bonds. The summed E-state index contributed by atoms with van der Waals surface area (Å²) >= 11 is 1.59. The van der Waals surface area contributed by atoms with Crippen LogP contribution in [0.3, 0.4) is 0 Å². The average molecular weight is 295 g/mol. The molecule has 1 N–H and O–H groups in total. The molecule has 4 nitrogen and oxygen atoms in total. The second-order valence-corrected chi connectivity index (χ2v) is 6.48. The summed E-state index contributed by atoms with van der Waals surface area (Å²) in [6.45, 7) is 0.261. The van der Waals surface area contributed by atoms with Crippen LogP contribution >= 0.6 is 11.3 Å². The van der Waals surface area contributed by atoms with Gasteiger partial charge in [-0.1, -0.05) is 12.8 Å². The van der Waals surface area contributed by atoms with Crippen molar-refractivity contribution in [1.29, 1.82) is 0 Å². The molecular weight excluding hydrogens is 274 g/mol. The van der Waals surface area contributed by atoms with Crippen LogP contribution in [0.25, 0.3) is 0 Å². The number of rotatable bonds is 4. The van der Waals surface area contributed by atoms with Crippen molar-refractivity contribution in [3.8, 4) is 0 Å². The summed E-state index contributed by atoms with van der Waals surface area (Å²) in [5.41, 5.74) is 1.32. The van der Waals surface area contributed by atoms with Crippen LogP contribution in [-0.4, -0.2) is 35.5 Å². The fourth-order valence-corrected chi connectivity index (χ4v) is 3.75. The minimum Gasteiger partial charge on any atom is -0.481 e. The Morgan fingerprint density at radius 3 is 2.65 bits per heavy atom. The van der Waals surface area contributed by atoms with E-state index in [0.717, 1.165) is 17.7 Å². The molecule has 0 saturated carbocycles. The molecule has 1 aromatic heterocycles. The van der Waals surface area contributed by atoms with Crippen LogP contribution in [0.5, 0.6) is 0 Å². The Hall–Kier alpha value is -1.36. The highest BCUT2D eigenvalue weighted by molar-refractivity contribution is 7.14. The van der Waals surface area contributed by atoms with E-state index < -0.39 is 5.97 Å². The van der Waals surface area contributed by atoms with Crippen molar-refractivity contribution in [2.45, 2.75) is 44.9 Å². The smallest absolute Gasteiger partial charge is 0.305 e. The number of carbonyl (C=O) groups excluding carboxylic acids is 1. The lowest BCUT2D eigenvalue weighted by atomic mass is 10.00. The zero-order valence-electron chi connectivity index (χ0n) is 11.9. The molecule has 0 aliphatic heterocycles. The number of thiophene rings is 1. The molecule has 0 unspecified atom stereocenters. The zero-order valence-corrected chi connectivity index (χ0v) is 12.7. The molecule has 1 aliphatic carbocycles. The number of aliphatic carboxylic acids is 1. The van der Waals surface area contributed by atoms with E-state index in [-0.39, 0.29) is 18.9 Å². The molecule has 0 aromatic carbocycles. The van der Waals surface area contributed by atoms with Crippen LogP contribution in [0, 0.1) is 0 Å². The lowest BCUT2D eigenvalue weighted by molar-refractivity contribution is -0.137. The van der Waals surface area contributed by atoms with Crippen LogP contribution in [-0.2, 0) is 17.6 Å². The Kier molecular flexibility index (Phi) is 5.17. The number of carbonyl (C=O) groups is 2. The Labute approximate surface area is 123 Å². The second-order valence-electron chi connectivity index (χ2n) is 5.34. The molecule has 0 spiro atoms. The fourth-order valence-electron chi connectivity index (χ4n) is 2.50. The molecule has 2 rings (SSSR count). The zero-order chi connectivity index (χ0) is 14.5. The van der Waals surface area contributed by atoms with E-state index in [4.69, 9.17) is 5.11 Å². The predicted octanol–water partition coefficient (Wildman–Crippen LogP) is 2.95. The maximum atomic E-state index is 12.3. The number of carboxylic acids is 1. The normalized spacial score (nSPS) is 15.1. The first-order chi connectivity index (χ1) is 9.58. The van der Waals surface area contributed by atoms with Crippen molar-refractivity contribution in [2.24, 2.45) is 0 Å². The minimum atomic E-state index is -0.872. The predicted molar refractivity (Wildman–Crippen MR) is 79.4 cm³/mol. The molecular formula is C15H21NO3S. The Morgan fingerprint density at radius 2 is 1.95 bits per heavy atom. The number of carboxylic acid groups (broad SMARTS) is 1. The van der Waals surface area contributed by atoms with Crippen molar-refractivity contribution >= 4 is 23.2 Å². The van der Waals surface area contributed by atoms with Crippen molar-refractivity contribution in [3.05, 3.63) is 21.4 Å². The molecule has 20 heavy (non-hydrogen) atoms. The van der Waals surface area contributed by atoms with E-state index in [2.05, 4.69) is 0 Å². The summed E-state index contributed by atoms with van der Waals surface area (Å²) in [7, 11) is 1.67. The van der Waals surface area contributed by atoms with Crippen LogP contribution in [0.1, 0.15) is 52.2 Å². The summed E-state index contributed by atoms with van der Waals surface area (Å²) in [5, 5.41) is 8.67. The molecule has 0 saturated heterocycles. The van der Waals surface area contributed by atoms with Gasteiger partial charge in [-0.3, -0.25) is 9.59 Å². The van der Waals surface area contributed by atoms with Gasteiger partial charge in [0.1, 0.15) is 0 Å². The van der Waals surface area contributed by atoms with Gasteiger partial charge >= 0.3 is 5.97 Å². The van der Waals surface area contributed by atoms with Crippen LogP contribution in [0.15, 0.2) is 6.07 Å². The van der Waals surface area contributed by atoms with Gasteiger partial charge in [-0.05, 0) is 37.3 Å². The maximum absolute atomic E-state index is 12.3. The molecule has 1 aliphatic rings. The fraction of sp³-hybridized carbons (Fsp3) is 0.600. The number of hydrogen-bond donors (Lipinski definition) is 1. The highest BCUT2D eigenvalue weighted by Gasteiger charge is 2.18. The van der Waals surface area contributed by atoms with Gasteiger partial charge in [-0.25, -0.2) is 0 Å². The highest BCUT2D eigenvalue weighted by atomic mass is 32.1. The number of hydrogen-bond acceptors (Lipinski definition) is 3. The number of nitrogens with zero attached hydrogens (tertiary/aromatic N) is 1. The van der Waals surface area contributed by atoms with Gasteiger partial charge < -0.3 is 10.0 Å². The van der Waals surface area contributed by atoms with E-state index in [1.165, 1.54) is 41.0 Å². The monoisotopic (exact) mass is 295 g/mol. The van der Waals surface area contributed by atoms with Gasteiger partial charge in [0.15, 0.2) is 0 Å². The standard InChI is InChI=1S/C15H21NO3S/c1-16(9-8-14(17)18)15(19)13-10-11-6-4-2-3-5-7-12(11)20-13/h10H,2-9H2,1H3,(H,17,18). The quantitative estimate of drug-likeness (QED) is 0.929. The summed E-state index contributed by atoms with van der Waals surface area (Å²) in [6.07, 6.45) is 7.09. The first-order valence-corrected chi connectivity index (χ1v) is 7.98. The lowest BCUT2D eigenvalue weighted by Gasteiger charge is -2.14. The number of amides is 1. The summed E-state index contributed by atoms with van der Waals surface area (Å²) < 4.78 is 0. The van der Waals surface area contributed by atoms with Crippen molar-refractivity contribution in [1.82, 2.24) is 4.90 Å². The summed E-state index contributed by atoms with van der Waals surface area (Å²) in [6, 6.07) is 2.02. The van der Waals surface area contributed by atoms with Gasteiger partial charge in [0.25, 0.3) is 5.91 Å². The number of aryl methyl sites for hydroxylation is 2. The minimum absolute atomic E-state index is 0.00662. The molecule has 0 fully saturated rings. The van der Waals surface area contributed by atoms with E-state index in [0.29, 0.717) is 0 Å². The molecule has 5 heteroatoms. The van der Waals surface area contributed by atoms with E-state index >= 15 is 0 Å².